The molecule has 0 radical (unpaired) electrons. The first-order valence-electron chi connectivity index (χ1n) is 9.96. The number of hydrogen-bond donors (Lipinski definition) is 1. The molecule has 2 aromatic heterocycles. The average molecular weight is 482 g/mol. The number of hydrogen-bond acceptors (Lipinski definition) is 6. The van der Waals surface area contributed by atoms with Gasteiger partial charge in [-0.3, -0.25) is 4.79 Å². The number of benzene rings is 1. The van der Waals surface area contributed by atoms with Gasteiger partial charge in [-0.15, -0.1) is 0 Å². The van der Waals surface area contributed by atoms with E-state index in [0.717, 1.165) is 11.0 Å². The van der Waals surface area contributed by atoms with Crippen molar-refractivity contribution in [3.05, 3.63) is 66.0 Å². The zero-order valence-corrected chi connectivity index (χ0v) is 17.2. The molecule has 1 N–H and O–H groups in total. The number of rotatable bonds is 5. The van der Waals surface area contributed by atoms with Crippen molar-refractivity contribution in [3.8, 4) is 11.4 Å². The molecule has 0 unspecified atom stereocenters. The van der Waals surface area contributed by atoms with Crippen LogP contribution in [0, 0.1) is 5.82 Å². The summed E-state index contributed by atoms with van der Waals surface area (Å²) in [5, 5.41) is 2.45. The van der Waals surface area contributed by atoms with Crippen molar-refractivity contribution in [2.45, 2.75) is 24.6 Å². The Labute approximate surface area is 188 Å². The Morgan fingerprint density at radius 1 is 1.09 bits per heavy atom. The van der Waals surface area contributed by atoms with Crippen LogP contribution in [0.2, 0.25) is 0 Å². The van der Waals surface area contributed by atoms with Gasteiger partial charge in [-0.05, 0) is 18.2 Å². The summed E-state index contributed by atoms with van der Waals surface area (Å²) in [7, 11) is 0. The number of nitrogens with zero attached hydrogens (tertiary/aromatic N) is 5. The molecule has 34 heavy (non-hydrogen) atoms. The number of anilines is 1. The Kier molecular flexibility index (Phi) is 6.11. The van der Waals surface area contributed by atoms with Crippen LogP contribution in [0.1, 0.15) is 22.3 Å². The molecule has 13 heteroatoms. The molecule has 3 aromatic rings. The normalized spacial score (nSPS) is 17.6. The van der Waals surface area contributed by atoms with E-state index in [1.165, 1.54) is 30.6 Å². The van der Waals surface area contributed by atoms with Gasteiger partial charge in [0.15, 0.2) is 5.82 Å². The van der Waals surface area contributed by atoms with Gasteiger partial charge in [-0.2, -0.15) is 13.2 Å². The first-order chi connectivity index (χ1) is 16.1. The maximum absolute atomic E-state index is 14.6. The summed E-state index contributed by atoms with van der Waals surface area (Å²) in [6, 6.07) is 3.47. The Morgan fingerprint density at radius 2 is 1.76 bits per heavy atom. The van der Waals surface area contributed by atoms with Gasteiger partial charge in [0, 0.05) is 44.3 Å². The molecule has 7 nitrogen and oxygen atoms in total. The first-order valence-corrected chi connectivity index (χ1v) is 9.96. The van der Waals surface area contributed by atoms with Crippen LogP contribution in [0.5, 0.6) is 0 Å². The minimum atomic E-state index is -4.65. The lowest BCUT2D eigenvalue weighted by molar-refractivity contribution is -0.138. The number of likely N-dealkylation sites (tertiary alicyclic amines) is 1. The summed E-state index contributed by atoms with van der Waals surface area (Å²) in [5.41, 5.74) is -1.51. The van der Waals surface area contributed by atoms with Crippen LogP contribution in [0.15, 0.2) is 49.1 Å². The van der Waals surface area contributed by atoms with Crippen molar-refractivity contribution >= 4 is 11.9 Å². The lowest BCUT2D eigenvalue weighted by Crippen LogP contribution is -2.47. The molecule has 0 aliphatic carbocycles. The topological polar surface area (TPSA) is 83.9 Å². The highest BCUT2D eigenvalue weighted by molar-refractivity contribution is 6.00. The fourth-order valence-electron chi connectivity index (χ4n) is 3.59. The van der Waals surface area contributed by atoms with Crippen molar-refractivity contribution in [2.24, 2.45) is 0 Å². The van der Waals surface area contributed by atoms with E-state index in [2.05, 4.69) is 25.3 Å². The molecule has 4 rings (SSSR count). The van der Waals surface area contributed by atoms with Gasteiger partial charge in [-0.25, -0.2) is 33.1 Å². The van der Waals surface area contributed by atoms with Crippen LogP contribution in [0.4, 0.5) is 32.3 Å². The summed E-state index contributed by atoms with van der Waals surface area (Å²) in [5.74, 6) is -5.37. The van der Waals surface area contributed by atoms with E-state index in [4.69, 9.17) is 0 Å². The third-order valence-corrected chi connectivity index (χ3v) is 5.28. The van der Waals surface area contributed by atoms with Crippen LogP contribution in [0.25, 0.3) is 11.4 Å². The lowest BCUT2D eigenvalue weighted by Gasteiger charge is -2.28. The van der Waals surface area contributed by atoms with Crippen LogP contribution in [-0.2, 0) is 6.18 Å². The van der Waals surface area contributed by atoms with Crippen molar-refractivity contribution in [2.75, 3.05) is 18.4 Å². The molecule has 1 aliphatic heterocycles. The van der Waals surface area contributed by atoms with Crippen LogP contribution < -0.4 is 5.32 Å². The second-order valence-corrected chi connectivity index (χ2v) is 7.43. The quantitative estimate of drug-likeness (QED) is 0.553. The Morgan fingerprint density at radius 3 is 2.41 bits per heavy atom. The van der Waals surface area contributed by atoms with E-state index in [1.807, 2.05) is 0 Å². The van der Waals surface area contributed by atoms with Crippen LogP contribution >= 0.6 is 0 Å². The third kappa shape index (κ3) is 4.63. The lowest BCUT2D eigenvalue weighted by atomic mass is 10.0. The van der Waals surface area contributed by atoms with Crippen molar-refractivity contribution < 1.29 is 31.1 Å². The van der Waals surface area contributed by atoms with Gasteiger partial charge in [0.05, 0.1) is 16.7 Å². The third-order valence-electron chi connectivity index (χ3n) is 5.28. The van der Waals surface area contributed by atoms with Crippen LogP contribution in [0.3, 0.4) is 0 Å². The maximum Gasteiger partial charge on any atom is 0.419 e. The molecular formula is C21H16F6N6O. The molecule has 0 spiro atoms. The predicted molar refractivity (Wildman–Crippen MR) is 107 cm³/mol. The van der Waals surface area contributed by atoms with Crippen molar-refractivity contribution in [1.82, 2.24) is 24.8 Å². The second-order valence-electron chi connectivity index (χ2n) is 7.43. The number of aromatic nitrogens is 4. The summed E-state index contributed by atoms with van der Waals surface area (Å²) >= 11 is 0. The van der Waals surface area contributed by atoms with Crippen LogP contribution in [-0.4, -0.2) is 55.8 Å². The number of nitrogens with one attached hydrogen (secondary N) is 1. The molecule has 1 amide bonds. The van der Waals surface area contributed by atoms with E-state index >= 15 is 0 Å². The smallest absolute Gasteiger partial charge is 0.352 e. The molecule has 1 aliphatic rings. The number of carbonyl (C=O) groups is 1. The van der Waals surface area contributed by atoms with Crippen molar-refractivity contribution in [1.29, 1.82) is 0 Å². The SMILES string of the molecule is O=C(c1cccc(F)c1-c1ncccn1)N1CCC(F)(F)[C@H]1CNc1ncc(C(F)(F)F)cn1. The molecule has 1 fully saturated rings. The fourth-order valence-corrected chi connectivity index (χ4v) is 3.59. The highest BCUT2D eigenvalue weighted by atomic mass is 19.4. The molecule has 0 bridgehead atoms. The highest BCUT2D eigenvalue weighted by Crippen LogP contribution is 2.36. The zero-order valence-electron chi connectivity index (χ0n) is 17.2. The number of amides is 1. The van der Waals surface area contributed by atoms with E-state index < -0.39 is 48.4 Å². The largest absolute Gasteiger partial charge is 0.419 e. The summed E-state index contributed by atoms with van der Waals surface area (Å²) in [4.78, 5) is 29.0. The van der Waals surface area contributed by atoms with E-state index in [1.54, 1.807) is 0 Å². The van der Waals surface area contributed by atoms with E-state index in [9.17, 15) is 31.1 Å². The van der Waals surface area contributed by atoms with Gasteiger partial charge in [0.2, 0.25) is 5.95 Å². The highest BCUT2D eigenvalue weighted by Gasteiger charge is 2.51. The molecule has 178 valence electrons. The number of halogens is 6. The van der Waals surface area contributed by atoms with E-state index in [-0.39, 0.29) is 29.4 Å². The number of carbonyl (C=O) groups excluding carboxylic acids is 1. The second kappa shape index (κ2) is 8.88. The first kappa shape index (κ1) is 23.4. The monoisotopic (exact) mass is 482 g/mol. The molecule has 1 atom stereocenters. The molecule has 3 heterocycles. The number of alkyl halides is 5. The Balaban J connectivity index is 1.58. The summed E-state index contributed by atoms with van der Waals surface area (Å²) < 4.78 is 81.9. The van der Waals surface area contributed by atoms with Gasteiger partial charge >= 0.3 is 6.18 Å². The molecule has 0 saturated carbocycles. The minimum Gasteiger partial charge on any atom is -0.352 e. The van der Waals surface area contributed by atoms with E-state index in [0.29, 0.717) is 12.4 Å². The summed E-state index contributed by atoms with van der Waals surface area (Å²) in [6.45, 7) is -0.867. The van der Waals surface area contributed by atoms with Crippen molar-refractivity contribution in [3.63, 3.8) is 0 Å². The molecular weight excluding hydrogens is 466 g/mol. The summed E-state index contributed by atoms with van der Waals surface area (Å²) in [6.07, 6.45) is -1.56. The minimum absolute atomic E-state index is 0.0808. The maximum atomic E-state index is 14.6. The Hall–Kier alpha value is -3.77. The van der Waals surface area contributed by atoms with Gasteiger partial charge in [0.1, 0.15) is 11.9 Å². The predicted octanol–water partition coefficient (Wildman–Crippen LogP) is 4.05. The average Bonchev–Trinajstić information content (AvgIpc) is 3.11. The molecule has 1 saturated heterocycles. The van der Waals surface area contributed by atoms with Gasteiger partial charge < -0.3 is 10.2 Å². The zero-order chi connectivity index (χ0) is 24.5. The fraction of sp³-hybridized carbons (Fsp3) is 0.286. The molecule has 1 aromatic carbocycles. The van der Waals surface area contributed by atoms with Gasteiger partial charge in [-0.1, -0.05) is 6.07 Å². The van der Waals surface area contributed by atoms with Gasteiger partial charge in [0.25, 0.3) is 11.8 Å². The Bertz CT molecular complexity index is 1170. The standard InChI is InChI=1S/C21H16F6N6O/c22-14-4-1-3-13(16(14)17-28-6-2-7-29-17)18(34)33-8-5-20(23,24)15(33)11-32-19-30-9-12(10-31-19)21(25,26)27/h1-4,6-7,9-10,15H,5,8,11H2,(H,30,31,32)/t15-/m1/s1.